The lowest BCUT2D eigenvalue weighted by Crippen LogP contribution is -2.13. The van der Waals surface area contributed by atoms with Crippen molar-refractivity contribution in [3.05, 3.63) is 0 Å². The lowest BCUT2D eigenvalue weighted by Gasteiger charge is -2.07. The Kier molecular flexibility index (Phi) is 16.5. The van der Waals surface area contributed by atoms with Crippen LogP contribution in [0.1, 0.15) is 0 Å². The van der Waals surface area contributed by atoms with Crippen molar-refractivity contribution in [2.75, 3.05) is 73.2 Å². The molecular formula is C11H24O7. The van der Waals surface area contributed by atoms with Crippen LogP contribution < -0.4 is 0 Å². The Bertz CT molecular complexity index is 129. The zero-order chi connectivity index (χ0) is 13.3. The Hall–Kier alpha value is -0.280. The highest BCUT2D eigenvalue weighted by Gasteiger charge is 1.92. The summed E-state index contributed by atoms with van der Waals surface area (Å²) in [5, 5.41) is 8.01. The lowest BCUT2D eigenvalue weighted by atomic mass is 10.7. The van der Waals surface area contributed by atoms with Gasteiger partial charge in [0, 0.05) is 7.11 Å². The fraction of sp³-hybridized carbons (Fsp3) is 1.00. The zero-order valence-electron chi connectivity index (χ0n) is 11.0. The first-order valence-corrected chi connectivity index (χ1v) is 5.98. The first kappa shape index (κ1) is 17.7. The van der Waals surface area contributed by atoms with Gasteiger partial charge in [0.05, 0.1) is 59.5 Å². The third-order valence-electron chi connectivity index (χ3n) is 1.87. The van der Waals surface area contributed by atoms with Gasteiger partial charge in [0.1, 0.15) is 6.61 Å². The quantitative estimate of drug-likeness (QED) is 0.258. The van der Waals surface area contributed by atoms with Crippen LogP contribution in [-0.2, 0) is 28.6 Å². The van der Waals surface area contributed by atoms with Crippen molar-refractivity contribution in [2.24, 2.45) is 0 Å². The monoisotopic (exact) mass is 268 g/mol. The van der Waals surface area contributed by atoms with Crippen LogP contribution in [-0.4, -0.2) is 78.4 Å². The zero-order valence-corrected chi connectivity index (χ0v) is 11.0. The topological polar surface area (TPSA) is 75.6 Å². The molecule has 0 saturated heterocycles. The molecule has 0 aromatic carbocycles. The number of hydrogen-bond donors (Lipinski definition) is 1. The van der Waals surface area contributed by atoms with E-state index in [1.165, 1.54) is 0 Å². The maximum atomic E-state index is 8.01. The SMILES string of the molecule is COCCOCCOCCOCCOCCOO. The van der Waals surface area contributed by atoms with E-state index in [2.05, 4.69) is 4.89 Å². The molecule has 0 radical (unpaired) electrons. The molecule has 1 N–H and O–H groups in total. The van der Waals surface area contributed by atoms with E-state index in [4.69, 9.17) is 28.9 Å². The average molecular weight is 268 g/mol. The molecule has 0 rings (SSSR count). The van der Waals surface area contributed by atoms with Crippen molar-refractivity contribution in [3.8, 4) is 0 Å². The van der Waals surface area contributed by atoms with Gasteiger partial charge < -0.3 is 23.7 Å². The minimum absolute atomic E-state index is 0.173. The highest BCUT2D eigenvalue weighted by molar-refractivity contribution is 4.35. The van der Waals surface area contributed by atoms with Gasteiger partial charge in [-0.3, -0.25) is 5.26 Å². The summed E-state index contributed by atoms with van der Waals surface area (Å²) >= 11 is 0. The summed E-state index contributed by atoms with van der Waals surface area (Å²) in [5.41, 5.74) is 0. The van der Waals surface area contributed by atoms with Gasteiger partial charge in [-0.2, -0.15) is 0 Å². The van der Waals surface area contributed by atoms with Crippen molar-refractivity contribution < 1.29 is 33.8 Å². The molecule has 0 unspecified atom stereocenters. The van der Waals surface area contributed by atoms with Crippen LogP contribution in [0.4, 0.5) is 0 Å². The molecule has 0 saturated carbocycles. The van der Waals surface area contributed by atoms with Crippen molar-refractivity contribution in [1.82, 2.24) is 0 Å². The van der Waals surface area contributed by atoms with Crippen LogP contribution in [0.2, 0.25) is 0 Å². The van der Waals surface area contributed by atoms with Crippen LogP contribution in [0, 0.1) is 0 Å². The second-order valence-corrected chi connectivity index (χ2v) is 3.28. The maximum Gasteiger partial charge on any atom is 0.105 e. The Morgan fingerprint density at radius 3 is 1.22 bits per heavy atom. The maximum absolute atomic E-state index is 8.01. The summed E-state index contributed by atoms with van der Waals surface area (Å²) in [6.45, 7) is 4.87. The van der Waals surface area contributed by atoms with E-state index in [0.717, 1.165) is 0 Å². The fourth-order valence-electron chi connectivity index (χ4n) is 1.00. The van der Waals surface area contributed by atoms with Gasteiger partial charge in [0.25, 0.3) is 0 Å². The summed E-state index contributed by atoms with van der Waals surface area (Å²) < 4.78 is 25.6. The lowest BCUT2D eigenvalue weighted by molar-refractivity contribution is -0.249. The standard InChI is InChI=1S/C11H24O7/c1-13-2-3-14-4-5-15-6-7-16-8-9-17-10-11-18-12/h12H,2-11H2,1H3. The third-order valence-corrected chi connectivity index (χ3v) is 1.87. The molecule has 0 fully saturated rings. The molecule has 0 aromatic rings. The molecule has 0 spiro atoms. The second-order valence-electron chi connectivity index (χ2n) is 3.28. The van der Waals surface area contributed by atoms with E-state index in [9.17, 15) is 0 Å². The number of methoxy groups -OCH3 is 1. The fourth-order valence-corrected chi connectivity index (χ4v) is 1.00. The van der Waals surface area contributed by atoms with E-state index >= 15 is 0 Å². The molecular weight excluding hydrogens is 244 g/mol. The van der Waals surface area contributed by atoms with Crippen LogP contribution in [0.25, 0.3) is 0 Å². The number of ether oxygens (including phenoxy) is 5. The van der Waals surface area contributed by atoms with Crippen LogP contribution in [0.3, 0.4) is 0 Å². The largest absolute Gasteiger partial charge is 0.382 e. The van der Waals surface area contributed by atoms with E-state index in [1.807, 2.05) is 0 Å². The Labute approximate surface area is 108 Å². The van der Waals surface area contributed by atoms with E-state index in [1.54, 1.807) is 7.11 Å². The molecule has 0 bridgehead atoms. The predicted octanol–water partition coefficient (Wildman–Crippen LogP) is 0.189. The van der Waals surface area contributed by atoms with Gasteiger partial charge in [-0.05, 0) is 0 Å². The summed E-state index contributed by atoms with van der Waals surface area (Å²) in [6.07, 6.45) is 0. The highest BCUT2D eigenvalue weighted by Crippen LogP contribution is 1.83. The van der Waals surface area contributed by atoms with Gasteiger partial charge in [0.2, 0.25) is 0 Å². The second kappa shape index (κ2) is 16.7. The van der Waals surface area contributed by atoms with Gasteiger partial charge in [-0.1, -0.05) is 0 Å². The van der Waals surface area contributed by atoms with Crippen molar-refractivity contribution in [1.29, 1.82) is 0 Å². The number of rotatable bonds is 15. The summed E-state index contributed by atoms with van der Waals surface area (Å²) in [5.74, 6) is 0. The van der Waals surface area contributed by atoms with Gasteiger partial charge in [-0.25, -0.2) is 4.89 Å². The Balaban J connectivity index is 2.86. The molecule has 0 aliphatic heterocycles. The van der Waals surface area contributed by atoms with Crippen LogP contribution in [0.15, 0.2) is 0 Å². The molecule has 7 nitrogen and oxygen atoms in total. The van der Waals surface area contributed by atoms with Crippen LogP contribution >= 0.6 is 0 Å². The summed E-state index contributed by atoms with van der Waals surface area (Å²) in [6, 6.07) is 0. The predicted molar refractivity (Wildman–Crippen MR) is 63.7 cm³/mol. The first-order chi connectivity index (χ1) is 8.91. The molecule has 0 heterocycles. The summed E-state index contributed by atoms with van der Waals surface area (Å²) in [4.78, 5) is 3.84. The van der Waals surface area contributed by atoms with Gasteiger partial charge >= 0.3 is 0 Å². The molecule has 7 heteroatoms. The normalized spacial score (nSPS) is 11.0. The minimum atomic E-state index is 0.173. The van der Waals surface area contributed by atoms with Crippen LogP contribution in [0.5, 0.6) is 0 Å². The molecule has 0 atom stereocenters. The Morgan fingerprint density at radius 2 is 0.889 bits per heavy atom. The van der Waals surface area contributed by atoms with Crippen molar-refractivity contribution >= 4 is 0 Å². The van der Waals surface area contributed by atoms with Gasteiger partial charge in [-0.15, -0.1) is 0 Å². The first-order valence-electron chi connectivity index (χ1n) is 5.98. The van der Waals surface area contributed by atoms with E-state index in [-0.39, 0.29) is 6.61 Å². The van der Waals surface area contributed by atoms with E-state index in [0.29, 0.717) is 59.5 Å². The molecule has 0 aromatic heterocycles. The molecule has 0 aliphatic carbocycles. The smallest absolute Gasteiger partial charge is 0.105 e. The molecule has 110 valence electrons. The van der Waals surface area contributed by atoms with E-state index < -0.39 is 0 Å². The minimum Gasteiger partial charge on any atom is -0.382 e. The molecule has 0 amide bonds. The Morgan fingerprint density at radius 1 is 0.556 bits per heavy atom. The molecule has 18 heavy (non-hydrogen) atoms. The summed E-state index contributed by atoms with van der Waals surface area (Å²) in [7, 11) is 1.64. The third kappa shape index (κ3) is 15.7. The average Bonchev–Trinajstić information content (AvgIpc) is 2.39. The highest BCUT2D eigenvalue weighted by atomic mass is 17.1. The van der Waals surface area contributed by atoms with Crippen molar-refractivity contribution in [3.63, 3.8) is 0 Å². The molecule has 0 aliphatic rings. The van der Waals surface area contributed by atoms with Crippen molar-refractivity contribution in [2.45, 2.75) is 0 Å². The van der Waals surface area contributed by atoms with Gasteiger partial charge in [0.15, 0.2) is 0 Å². The number of hydrogen-bond acceptors (Lipinski definition) is 7.